The van der Waals surface area contributed by atoms with Gasteiger partial charge in [-0.15, -0.1) is 0 Å². The number of methoxy groups -OCH3 is 3. The van der Waals surface area contributed by atoms with Gasteiger partial charge in [0.25, 0.3) is 5.91 Å². The van der Waals surface area contributed by atoms with Crippen LogP contribution in [0.5, 0.6) is 17.2 Å². The molecule has 2 rings (SSSR count). The highest BCUT2D eigenvalue weighted by molar-refractivity contribution is 7.91. The number of rotatable bonds is 5. The molecule has 0 bridgehead atoms. The van der Waals surface area contributed by atoms with E-state index >= 15 is 0 Å². The zero-order valence-electron chi connectivity index (χ0n) is 13.6. The number of ether oxygens (including phenoxy) is 3. The molecule has 1 saturated heterocycles. The third-order valence-electron chi connectivity index (χ3n) is 3.85. The van der Waals surface area contributed by atoms with Gasteiger partial charge in [0.15, 0.2) is 21.3 Å². The Bertz CT molecular complexity index is 690. The maximum absolute atomic E-state index is 12.5. The molecule has 7 nitrogen and oxygen atoms in total. The van der Waals surface area contributed by atoms with Crippen molar-refractivity contribution >= 4 is 15.7 Å². The fraction of sp³-hybridized carbons (Fsp3) is 0.533. The maximum Gasteiger partial charge on any atom is 0.252 e. The van der Waals surface area contributed by atoms with Crippen molar-refractivity contribution in [3.05, 3.63) is 17.7 Å². The van der Waals surface area contributed by atoms with Gasteiger partial charge in [-0.1, -0.05) is 0 Å². The number of sulfone groups is 1. The summed E-state index contributed by atoms with van der Waals surface area (Å²) in [4.78, 5) is 12.5. The van der Waals surface area contributed by atoms with Gasteiger partial charge in [0, 0.05) is 5.56 Å². The molecular weight excluding hydrogens is 322 g/mol. The Hall–Kier alpha value is -1.96. The topological polar surface area (TPSA) is 90.9 Å². The van der Waals surface area contributed by atoms with Crippen molar-refractivity contribution in [2.45, 2.75) is 18.9 Å². The number of benzene rings is 1. The first-order chi connectivity index (χ1) is 10.7. The third kappa shape index (κ3) is 3.69. The predicted molar refractivity (Wildman–Crippen MR) is 85.2 cm³/mol. The van der Waals surface area contributed by atoms with Crippen LogP contribution < -0.4 is 19.5 Å². The summed E-state index contributed by atoms with van der Waals surface area (Å²) in [6.45, 7) is 1.73. The van der Waals surface area contributed by atoms with Gasteiger partial charge in [0.05, 0.1) is 38.4 Å². The van der Waals surface area contributed by atoms with Crippen LogP contribution in [0.3, 0.4) is 0 Å². The molecule has 1 N–H and O–H groups in total. The highest BCUT2D eigenvalue weighted by Crippen LogP contribution is 2.38. The van der Waals surface area contributed by atoms with Gasteiger partial charge in [-0.3, -0.25) is 4.79 Å². The molecule has 1 aliphatic rings. The molecule has 0 unspecified atom stereocenters. The SMILES string of the molecule is COc1cc(C(=O)N[C@@]2(C)CCS(=O)(=O)C2)cc(OC)c1OC. The summed E-state index contributed by atoms with van der Waals surface area (Å²) < 4.78 is 38.9. The van der Waals surface area contributed by atoms with Gasteiger partial charge in [-0.05, 0) is 25.5 Å². The van der Waals surface area contributed by atoms with Crippen LogP contribution >= 0.6 is 0 Å². The van der Waals surface area contributed by atoms with Crippen molar-refractivity contribution in [1.29, 1.82) is 0 Å². The zero-order valence-corrected chi connectivity index (χ0v) is 14.5. The lowest BCUT2D eigenvalue weighted by atomic mass is 10.0. The van der Waals surface area contributed by atoms with Gasteiger partial charge in [0.1, 0.15) is 0 Å². The molecule has 0 aromatic heterocycles. The smallest absolute Gasteiger partial charge is 0.252 e. The van der Waals surface area contributed by atoms with Crippen LogP contribution in [0.2, 0.25) is 0 Å². The minimum Gasteiger partial charge on any atom is -0.493 e. The summed E-state index contributed by atoms with van der Waals surface area (Å²) in [5.74, 6) is 0.752. The van der Waals surface area contributed by atoms with E-state index < -0.39 is 15.4 Å². The van der Waals surface area contributed by atoms with E-state index in [1.165, 1.54) is 33.5 Å². The largest absolute Gasteiger partial charge is 0.493 e. The number of hydrogen-bond acceptors (Lipinski definition) is 6. The van der Waals surface area contributed by atoms with Crippen molar-refractivity contribution in [2.24, 2.45) is 0 Å². The Morgan fingerprint density at radius 1 is 1.13 bits per heavy atom. The molecule has 0 saturated carbocycles. The fourth-order valence-corrected chi connectivity index (χ4v) is 4.76. The average molecular weight is 343 g/mol. The average Bonchev–Trinajstić information content (AvgIpc) is 2.78. The zero-order chi connectivity index (χ0) is 17.3. The van der Waals surface area contributed by atoms with E-state index in [-0.39, 0.29) is 17.4 Å². The Balaban J connectivity index is 2.29. The third-order valence-corrected chi connectivity index (χ3v) is 5.75. The molecule has 23 heavy (non-hydrogen) atoms. The summed E-state index contributed by atoms with van der Waals surface area (Å²) >= 11 is 0. The van der Waals surface area contributed by atoms with Gasteiger partial charge in [-0.2, -0.15) is 0 Å². The van der Waals surface area contributed by atoms with Crippen LogP contribution in [-0.2, 0) is 9.84 Å². The summed E-state index contributed by atoms with van der Waals surface area (Å²) in [7, 11) is 1.30. The number of nitrogens with one attached hydrogen (secondary N) is 1. The van der Waals surface area contributed by atoms with E-state index in [0.717, 1.165) is 0 Å². The first kappa shape index (κ1) is 17.4. The standard InChI is InChI=1S/C15H21NO6S/c1-15(5-6-23(18,19)9-15)16-14(17)10-7-11(20-2)13(22-4)12(8-10)21-3/h7-8H,5-6,9H2,1-4H3,(H,16,17)/t15-/m0/s1. The van der Waals surface area contributed by atoms with Crippen LogP contribution in [0.4, 0.5) is 0 Å². The molecule has 1 atom stereocenters. The second kappa shape index (κ2) is 6.27. The van der Waals surface area contributed by atoms with Crippen LogP contribution in [0.15, 0.2) is 12.1 Å². The molecule has 1 aliphatic heterocycles. The van der Waals surface area contributed by atoms with E-state index in [9.17, 15) is 13.2 Å². The fourth-order valence-electron chi connectivity index (χ4n) is 2.67. The molecule has 1 heterocycles. The Morgan fingerprint density at radius 3 is 2.09 bits per heavy atom. The lowest BCUT2D eigenvalue weighted by Gasteiger charge is -2.24. The van der Waals surface area contributed by atoms with Crippen LogP contribution in [0, 0.1) is 0 Å². The number of amides is 1. The number of carbonyl (C=O) groups is 1. The van der Waals surface area contributed by atoms with Crippen molar-refractivity contribution in [1.82, 2.24) is 5.32 Å². The van der Waals surface area contributed by atoms with E-state index in [2.05, 4.69) is 5.32 Å². The molecule has 1 fully saturated rings. The van der Waals surface area contributed by atoms with Crippen LogP contribution in [0.25, 0.3) is 0 Å². The molecule has 1 aromatic carbocycles. The molecule has 0 radical (unpaired) electrons. The highest BCUT2D eigenvalue weighted by Gasteiger charge is 2.39. The van der Waals surface area contributed by atoms with Gasteiger partial charge < -0.3 is 19.5 Å². The number of hydrogen-bond donors (Lipinski definition) is 1. The molecule has 1 aromatic rings. The summed E-state index contributed by atoms with van der Waals surface area (Å²) in [6, 6.07) is 3.06. The van der Waals surface area contributed by atoms with E-state index in [0.29, 0.717) is 29.2 Å². The van der Waals surface area contributed by atoms with Crippen molar-refractivity contribution in [3.63, 3.8) is 0 Å². The second-order valence-electron chi connectivity index (χ2n) is 5.77. The minimum atomic E-state index is -3.10. The van der Waals surface area contributed by atoms with Crippen molar-refractivity contribution in [2.75, 3.05) is 32.8 Å². The van der Waals surface area contributed by atoms with Crippen molar-refractivity contribution in [3.8, 4) is 17.2 Å². The summed E-state index contributed by atoms with van der Waals surface area (Å²) in [5, 5.41) is 2.80. The van der Waals surface area contributed by atoms with Gasteiger partial charge in [0.2, 0.25) is 5.75 Å². The Morgan fingerprint density at radius 2 is 1.70 bits per heavy atom. The maximum atomic E-state index is 12.5. The molecule has 128 valence electrons. The Kier molecular flexibility index (Phi) is 4.74. The summed E-state index contributed by atoms with van der Waals surface area (Å²) in [6.07, 6.45) is 0.394. The lowest BCUT2D eigenvalue weighted by molar-refractivity contribution is 0.0914. The van der Waals surface area contributed by atoms with E-state index in [4.69, 9.17) is 14.2 Å². The molecular formula is C15H21NO6S. The highest BCUT2D eigenvalue weighted by atomic mass is 32.2. The first-order valence-electron chi connectivity index (χ1n) is 7.06. The molecule has 1 amide bonds. The lowest BCUT2D eigenvalue weighted by Crippen LogP contribution is -2.46. The monoisotopic (exact) mass is 343 g/mol. The van der Waals surface area contributed by atoms with Gasteiger partial charge >= 0.3 is 0 Å². The normalized spacial score (nSPS) is 22.4. The van der Waals surface area contributed by atoms with Gasteiger partial charge in [-0.25, -0.2) is 8.42 Å². The first-order valence-corrected chi connectivity index (χ1v) is 8.89. The van der Waals surface area contributed by atoms with Crippen LogP contribution in [-0.4, -0.2) is 52.7 Å². The van der Waals surface area contributed by atoms with E-state index in [1.54, 1.807) is 6.92 Å². The minimum absolute atomic E-state index is 0.0594. The number of carbonyl (C=O) groups excluding carboxylic acids is 1. The quantitative estimate of drug-likeness (QED) is 0.858. The second-order valence-corrected chi connectivity index (χ2v) is 7.95. The van der Waals surface area contributed by atoms with Crippen LogP contribution in [0.1, 0.15) is 23.7 Å². The summed E-state index contributed by atoms with van der Waals surface area (Å²) in [5.41, 5.74) is -0.457. The molecule has 0 spiro atoms. The molecule has 0 aliphatic carbocycles. The Labute approximate surface area is 135 Å². The predicted octanol–water partition coefficient (Wildman–Crippen LogP) is 1.02. The van der Waals surface area contributed by atoms with Crippen molar-refractivity contribution < 1.29 is 27.4 Å². The van der Waals surface area contributed by atoms with E-state index in [1.807, 2.05) is 0 Å². The molecule has 8 heteroatoms.